The van der Waals surface area contributed by atoms with Crippen molar-refractivity contribution in [3.63, 3.8) is 0 Å². The molecule has 0 N–H and O–H groups in total. The topological polar surface area (TPSA) is 71.5 Å². The monoisotopic (exact) mass is 389 g/mol. The van der Waals surface area contributed by atoms with Crippen LogP contribution in [0.2, 0.25) is 0 Å². The number of piperazine rings is 1. The number of aromatic nitrogens is 3. The maximum absolute atomic E-state index is 13.0. The molecule has 1 atom stereocenters. The van der Waals surface area contributed by atoms with Gasteiger partial charge in [0.15, 0.2) is 5.82 Å². The van der Waals surface area contributed by atoms with Gasteiger partial charge in [-0.15, -0.1) is 0 Å². The summed E-state index contributed by atoms with van der Waals surface area (Å²) in [6.45, 7) is 4.25. The molecule has 1 aromatic carbocycles. The summed E-state index contributed by atoms with van der Waals surface area (Å²) >= 11 is 0. The first-order valence-electron chi connectivity index (χ1n) is 9.59. The number of methoxy groups -OCH3 is 1. The van der Waals surface area contributed by atoms with E-state index in [1.807, 2.05) is 47.4 Å². The van der Waals surface area contributed by atoms with E-state index in [9.17, 15) is 4.79 Å². The van der Waals surface area contributed by atoms with Crippen molar-refractivity contribution in [2.24, 2.45) is 0 Å². The van der Waals surface area contributed by atoms with Crippen molar-refractivity contribution in [1.82, 2.24) is 19.9 Å². The number of ether oxygens (including phenoxy) is 1. The lowest BCUT2D eigenvalue weighted by molar-refractivity contribution is 0.0673. The van der Waals surface area contributed by atoms with E-state index in [0.717, 1.165) is 24.5 Å². The van der Waals surface area contributed by atoms with Crippen molar-refractivity contribution >= 4 is 11.6 Å². The van der Waals surface area contributed by atoms with Crippen LogP contribution in [0.3, 0.4) is 0 Å². The second-order valence-corrected chi connectivity index (χ2v) is 7.00. The van der Waals surface area contributed by atoms with Crippen LogP contribution in [-0.4, -0.2) is 58.5 Å². The van der Waals surface area contributed by atoms with Gasteiger partial charge in [-0.2, -0.15) is 0 Å². The maximum Gasteiger partial charge on any atom is 0.257 e. The third-order valence-electron chi connectivity index (χ3n) is 5.12. The number of benzene rings is 1. The average Bonchev–Trinajstić information content (AvgIpc) is 2.79. The smallest absolute Gasteiger partial charge is 0.257 e. The second-order valence-electron chi connectivity index (χ2n) is 7.00. The molecule has 0 saturated carbocycles. The quantitative estimate of drug-likeness (QED) is 0.683. The largest absolute Gasteiger partial charge is 0.497 e. The third-order valence-corrected chi connectivity index (χ3v) is 5.12. The van der Waals surface area contributed by atoms with Crippen molar-refractivity contribution in [2.75, 3.05) is 31.6 Å². The van der Waals surface area contributed by atoms with Crippen molar-refractivity contribution in [3.8, 4) is 17.3 Å². The normalized spacial score (nSPS) is 16.6. The fraction of sp³-hybridized carbons (Fsp3) is 0.273. The fourth-order valence-electron chi connectivity index (χ4n) is 3.52. The Labute approximate surface area is 170 Å². The molecule has 7 nitrogen and oxygen atoms in total. The molecule has 1 aliphatic heterocycles. The van der Waals surface area contributed by atoms with Gasteiger partial charge in [0.05, 0.1) is 12.7 Å². The lowest BCUT2D eigenvalue weighted by Gasteiger charge is -2.41. The Morgan fingerprint density at radius 1 is 1.03 bits per heavy atom. The Hall–Kier alpha value is -3.48. The Morgan fingerprint density at radius 2 is 1.79 bits per heavy atom. The Kier molecular flexibility index (Phi) is 5.37. The van der Waals surface area contributed by atoms with Gasteiger partial charge in [-0.1, -0.05) is 6.07 Å². The molecule has 1 amide bonds. The van der Waals surface area contributed by atoms with Crippen LogP contribution in [0.1, 0.15) is 17.3 Å². The lowest BCUT2D eigenvalue weighted by atomic mass is 10.1. The van der Waals surface area contributed by atoms with Crippen LogP contribution in [0.5, 0.6) is 5.75 Å². The summed E-state index contributed by atoms with van der Waals surface area (Å²) in [6.07, 6.45) is 4.87. The van der Waals surface area contributed by atoms with Crippen molar-refractivity contribution < 1.29 is 9.53 Å². The molecule has 0 bridgehead atoms. The van der Waals surface area contributed by atoms with E-state index < -0.39 is 0 Å². The van der Waals surface area contributed by atoms with E-state index in [2.05, 4.69) is 26.8 Å². The fourth-order valence-corrected chi connectivity index (χ4v) is 3.52. The minimum absolute atomic E-state index is 0.0422. The Balaban J connectivity index is 1.43. The highest BCUT2D eigenvalue weighted by Gasteiger charge is 2.28. The standard InChI is InChI=1S/C22H23N5O2/c1-16-15-26(18-6-8-19(29-2)9-7-18)11-12-27(16)22(28)17-13-24-21(25-14-17)20-5-3-4-10-23-20/h3-10,13-14,16H,11-12,15H2,1-2H3/t16-/m1/s1. The summed E-state index contributed by atoms with van der Waals surface area (Å²) in [6, 6.07) is 13.7. The van der Waals surface area contributed by atoms with Crippen LogP contribution < -0.4 is 9.64 Å². The summed E-state index contributed by atoms with van der Waals surface area (Å²) in [4.78, 5) is 30.0. The van der Waals surface area contributed by atoms with E-state index >= 15 is 0 Å². The predicted molar refractivity (Wildman–Crippen MR) is 111 cm³/mol. The zero-order valence-corrected chi connectivity index (χ0v) is 16.5. The van der Waals surface area contributed by atoms with Crippen LogP contribution in [0, 0.1) is 0 Å². The minimum Gasteiger partial charge on any atom is -0.497 e. The van der Waals surface area contributed by atoms with Crippen molar-refractivity contribution in [1.29, 1.82) is 0 Å². The molecule has 1 fully saturated rings. The molecule has 7 heteroatoms. The molecular formula is C22H23N5O2. The van der Waals surface area contributed by atoms with Gasteiger partial charge in [-0.05, 0) is 43.3 Å². The highest BCUT2D eigenvalue weighted by atomic mass is 16.5. The molecule has 148 valence electrons. The summed E-state index contributed by atoms with van der Waals surface area (Å²) in [5, 5.41) is 0. The number of hydrogen-bond donors (Lipinski definition) is 0. The summed E-state index contributed by atoms with van der Waals surface area (Å²) < 4.78 is 5.22. The molecule has 2 aromatic heterocycles. The maximum atomic E-state index is 13.0. The van der Waals surface area contributed by atoms with Crippen LogP contribution in [0.15, 0.2) is 61.1 Å². The van der Waals surface area contributed by atoms with Gasteiger partial charge in [0.1, 0.15) is 11.4 Å². The predicted octanol–water partition coefficient (Wildman–Crippen LogP) is 2.90. The van der Waals surface area contributed by atoms with Crippen molar-refractivity contribution in [2.45, 2.75) is 13.0 Å². The van der Waals surface area contributed by atoms with Gasteiger partial charge >= 0.3 is 0 Å². The molecule has 0 radical (unpaired) electrons. The third kappa shape index (κ3) is 4.03. The van der Waals surface area contributed by atoms with Gasteiger partial charge in [-0.25, -0.2) is 9.97 Å². The molecule has 29 heavy (non-hydrogen) atoms. The first kappa shape index (κ1) is 18.9. The van der Waals surface area contributed by atoms with Crippen LogP contribution in [0.4, 0.5) is 5.69 Å². The first-order valence-corrected chi connectivity index (χ1v) is 9.59. The molecule has 1 saturated heterocycles. The number of rotatable bonds is 4. The van der Waals surface area contributed by atoms with E-state index in [0.29, 0.717) is 23.6 Å². The molecular weight excluding hydrogens is 366 g/mol. The van der Waals surface area contributed by atoms with Gasteiger partial charge in [0.25, 0.3) is 5.91 Å². The number of pyridine rings is 1. The SMILES string of the molecule is COc1ccc(N2CCN(C(=O)c3cnc(-c4ccccn4)nc3)[C@H](C)C2)cc1. The van der Waals surface area contributed by atoms with Gasteiger partial charge in [-0.3, -0.25) is 9.78 Å². The number of carbonyl (C=O) groups is 1. The number of carbonyl (C=O) groups excluding carboxylic acids is 1. The molecule has 1 aliphatic rings. The lowest BCUT2D eigenvalue weighted by Crippen LogP contribution is -2.54. The molecule has 0 unspecified atom stereocenters. The Morgan fingerprint density at radius 3 is 2.41 bits per heavy atom. The number of nitrogens with zero attached hydrogens (tertiary/aromatic N) is 5. The molecule has 0 spiro atoms. The number of anilines is 1. The highest BCUT2D eigenvalue weighted by Crippen LogP contribution is 2.23. The molecule has 3 aromatic rings. The molecule has 0 aliphatic carbocycles. The second kappa shape index (κ2) is 8.26. The zero-order valence-electron chi connectivity index (χ0n) is 16.5. The summed E-state index contributed by atoms with van der Waals surface area (Å²) in [7, 11) is 1.66. The van der Waals surface area contributed by atoms with Gasteiger partial charge in [0, 0.05) is 50.0 Å². The van der Waals surface area contributed by atoms with E-state index in [4.69, 9.17) is 4.74 Å². The number of hydrogen-bond acceptors (Lipinski definition) is 6. The highest BCUT2D eigenvalue weighted by molar-refractivity contribution is 5.94. The summed E-state index contributed by atoms with van der Waals surface area (Å²) in [5.74, 6) is 1.31. The molecule has 4 rings (SSSR count). The first-order chi connectivity index (χ1) is 14.2. The zero-order chi connectivity index (χ0) is 20.2. The van der Waals surface area contributed by atoms with Gasteiger partial charge < -0.3 is 14.5 Å². The summed E-state index contributed by atoms with van der Waals surface area (Å²) in [5.41, 5.74) is 2.31. The average molecular weight is 389 g/mol. The molecule has 3 heterocycles. The number of amides is 1. The van der Waals surface area contributed by atoms with Crippen LogP contribution in [-0.2, 0) is 0 Å². The Bertz CT molecular complexity index is 961. The van der Waals surface area contributed by atoms with Crippen LogP contribution in [0.25, 0.3) is 11.5 Å². The van der Waals surface area contributed by atoms with E-state index in [1.54, 1.807) is 25.7 Å². The van der Waals surface area contributed by atoms with E-state index in [1.165, 1.54) is 0 Å². The minimum atomic E-state index is -0.0422. The van der Waals surface area contributed by atoms with Gasteiger partial charge in [0.2, 0.25) is 0 Å². The van der Waals surface area contributed by atoms with Crippen molar-refractivity contribution in [3.05, 3.63) is 66.6 Å². The van der Waals surface area contributed by atoms with Crippen LogP contribution >= 0.6 is 0 Å². The van der Waals surface area contributed by atoms with E-state index in [-0.39, 0.29) is 11.9 Å².